The van der Waals surface area contributed by atoms with Crippen molar-refractivity contribution in [1.82, 2.24) is 9.97 Å². The van der Waals surface area contributed by atoms with Gasteiger partial charge in [-0.3, -0.25) is 0 Å². The van der Waals surface area contributed by atoms with E-state index in [1.165, 1.54) is 17.3 Å². The van der Waals surface area contributed by atoms with Crippen molar-refractivity contribution in [3.05, 3.63) is 66.0 Å². The SMILES string of the molecule is CSc1nccc(COc2ccccc2-c2ccc(OCCCN)c(C(C)C)c2)n1. The van der Waals surface area contributed by atoms with E-state index in [0.717, 1.165) is 39.9 Å². The molecule has 158 valence electrons. The molecule has 0 amide bonds. The Labute approximate surface area is 183 Å². The molecule has 0 aliphatic carbocycles. The molecule has 0 bridgehead atoms. The van der Waals surface area contributed by atoms with Crippen molar-refractivity contribution >= 4 is 11.8 Å². The largest absolute Gasteiger partial charge is 0.493 e. The molecule has 30 heavy (non-hydrogen) atoms. The minimum Gasteiger partial charge on any atom is -0.493 e. The Hall–Kier alpha value is -2.57. The Kier molecular flexibility index (Phi) is 8.11. The second kappa shape index (κ2) is 11.0. The molecule has 3 aromatic rings. The van der Waals surface area contributed by atoms with Crippen LogP contribution in [0.4, 0.5) is 0 Å². The third kappa shape index (κ3) is 5.74. The maximum absolute atomic E-state index is 6.14. The molecule has 5 nitrogen and oxygen atoms in total. The molecule has 3 rings (SSSR count). The number of para-hydroxylation sites is 1. The molecule has 2 aromatic carbocycles. The van der Waals surface area contributed by atoms with E-state index in [1.54, 1.807) is 6.20 Å². The fourth-order valence-electron chi connectivity index (χ4n) is 3.10. The molecule has 0 aliphatic rings. The standard InChI is InChI=1S/C24H29N3O2S/c1-17(2)21-15-18(9-10-23(21)28-14-6-12-25)20-7-4-5-8-22(20)29-16-19-11-13-26-24(27-19)30-3/h4-5,7-11,13,15,17H,6,12,14,16,25H2,1-3H3. The van der Waals surface area contributed by atoms with Gasteiger partial charge in [-0.2, -0.15) is 0 Å². The maximum atomic E-state index is 6.14. The summed E-state index contributed by atoms with van der Waals surface area (Å²) in [5.41, 5.74) is 9.78. The van der Waals surface area contributed by atoms with Gasteiger partial charge in [0, 0.05) is 11.8 Å². The van der Waals surface area contributed by atoms with E-state index in [2.05, 4.69) is 42.0 Å². The van der Waals surface area contributed by atoms with Crippen LogP contribution in [-0.4, -0.2) is 29.4 Å². The molecular formula is C24H29N3O2S. The summed E-state index contributed by atoms with van der Waals surface area (Å²) in [5.74, 6) is 2.09. The average molecular weight is 424 g/mol. The summed E-state index contributed by atoms with van der Waals surface area (Å²) in [6, 6.07) is 16.3. The molecule has 6 heteroatoms. The highest BCUT2D eigenvalue weighted by Crippen LogP contribution is 2.36. The first-order chi connectivity index (χ1) is 14.6. The van der Waals surface area contributed by atoms with Crippen molar-refractivity contribution in [3.63, 3.8) is 0 Å². The molecule has 0 spiro atoms. The second-order valence-corrected chi connectivity index (χ2v) is 7.99. The van der Waals surface area contributed by atoms with E-state index in [9.17, 15) is 0 Å². The van der Waals surface area contributed by atoms with E-state index in [4.69, 9.17) is 15.2 Å². The molecular weight excluding hydrogens is 394 g/mol. The molecule has 0 aliphatic heterocycles. The second-order valence-electron chi connectivity index (χ2n) is 7.22. The first-order valence-electron chi connectivity index (χ1n) is 10.2. The lowest BCUT2D eigenvalue weighted by Gasteiger charge is -2.17. The van der Waals surface area contributed by atoms with Gasteiger partial charge in [-0.1, -0.05) is 49.9 Å². The summed E-state index contributed by atoms with van der Waals surface area (Å²) < 4.78 is 12.1. The lowest BCUT2D eigenvalue weighted by Crippen LogP contribution is -2.07. The van der Waals surface area contributed by atoms with Gasteiger partial charge in [0.1, 0.15) is 18.1 Å². The Balaban J connectivity index is 1.84. The molecule has 0 saturated carbocycles. The number of rotatable bonds is 10. The molecule has 0 saturated heterocycles. The van der Waals surface area contributed by atoms with Crippen molar-refractivity contribution < 1.29 is 9.47 Å². The number of aromatic nitrogens is 2. The Morgan fingerprint density at radius 2 is 1.87 bits per heavy atom. The summed E-state index contributed by atoms with van der Waals surface area (Å²) in [6.07, 6.45) is 4.57. The number of ether oxygens (including phenoxy) is 2. The van der Waals surface area contributed by atoms with Crippen LogP contribution in [0.25, 0.3) is 11.1 Å². The first-order valence-corrected chi connectivity index (χ1v) is 11.4. The van der Waals surface area contributed by atoms with Gasteiger partial charge < -0.3 is 15.2 Å². The highest BCUT2D eigenvalue weighted by atomic mass is 32.2. The van der Waals surface area contributed by atoms with Crippen LogP contribution in [0.5, 0.6) is 11.5 Å². The zero-order valence-corrected chi connectivity index (χ0v) is 18.6. The van der Waals surface area contributed by atoms with Crippen LogP contribution in [0.1, 0.15) is 37.4 Å². The van der Waals surface area contributed by atoms with Gasteiger partial charge >= 0.3 is 0 Å². The monoisotopic (exact) mass is 423 g/mol. The minimum absolute atomic E-state index is 0.344. The van der Waals surface area contributed by atoms with Crippen LogP contribution in [0, 0.1) is 0 Å². The van der Waals surface area contributed by atoms with Crippen molar-refractivity contribution in [2.24, 2.45) is 5.73 Å². The molecule has 0 fully saturated rings. The fraction of sp³-hybridized carbons (Fsp3) is 0.333. The molecule has 0 radical (unpaired) electrons. The van der Waals surface area contributed by atoms with Gasteiger partial charge in [-0.15, -0.1) is 0 Å². The van der Waals surface area contributed by atoms with Gasteiger partial charge in [0.15, 0.2) is 5.16 Å². The summed E-state index contributed by atoms with van der Waals surface area (Å²) in [6.45, 7) is 6.01. The van der Waals surface area contributed by atoms with E-state index in [-0.39, 0.29) is 0 Å². The quantitative estimate of drug-likeness (QED) is 0.271. The third-order valence-electron chi connectivity index (χ3n) is 4.69. The molecule has 0 unspecified atom stereocenters. The Morgan fingerprint density at radius 3 is 2.63 bits per heavy atom. The van der Waals surface area contributed by atoms with Crippen molar-refractivity contribution in [2.75, 3.05) is 19.4 Å². The maximum Gasteiger partial charge on any atom is 0.187 e. The van der Waals surface area contributed by atoms with Gasteiger partial charge in [0.25, 0.3) is 0 Å². The lowest BCUT2D eigenvalue weighted by molar-refractivity contribution is 0.301. The topological polar surface area (TPSA) is 70.3 Å². The number of thioether (sulfide) groups is 1. The highest BCUT2D eigenvalue weighted by molar-refractivity contribution is 7.98. The molecule has 0 atom stereocenters. The van der Waals surface area contributed by atoms with Crippen LogP contribution in [0.2, 0.25) is 0 Å². The minimum atomic E-state index is 0.344. The number of nitrogens with two attached hydrogens (primary N) is 1. The van der Waals surface area contributed by atoms with E-state index >= 15 is 0 Å². The van der Waals surface area contributed by atoms with Gasteiger partial charge in [-0.25, -0.2) is 9.97 Å². The zero-order chi connectivity index (χ0) is 21.3. The summed E-state index contributed by atoms with van der Waals surface area (Å²) in [7, 11) is 0. The van der Waals surface area contributed by atoms with Crippen LogP contribution in [-0.2, 0) is 6.61 Å². The summed E-state index contributed by atoms with van der Waals surface area (Å²) >= 11 is 1.52. The normalized spacial score (nSPS) is 11.0. The van der Waals surface area contributed by atoms with Crippen LogP contribution >= 0.6 is 11.8 Å². The number of hydrogen-bond acceptors (Lipinski definition) is 6. The van der Waals surface area contributed by atoms with Gasteiger partial charge in [0.2, 0.25) is 0 Å². The molecule has 2 N–H and O–H groups in total. The summed E-state index contributed by atoms with van der Waals surface area (Å²) in [4.78, 5) is 8.71. The zero-order valence-electron chi connectivity index (χ0n) is 17.8. The highest BCUT2D eigenvalue weighted by Gasteiger charge is 2.13. The number of hydrogen-bond donors (Lipinski definition) is 1. The van der Waals surface area contributed by atoms with Crippen molar-refractivity contribution in [2.45, 2.75) is 37.9 Å². The fourth-order valence-corrected chi connectivity index (χ4v) is 3.48. The molecule has 1 aromatic heterocycles. The smallest absolute Gasteiger partial charge is 0.187 e. The van der Waals surface area contributed by atoms with Crippen LogP contribution < -0.4 is 15.2 Å². The van der Waals surface area contributed by atoms with Crippen LogP contribution in [0.3, 0.4) is 0 Å². The predicted octanol–water partition coefficient (Wildman–Crippen LogP) is 5.30. The van der Waals surface area contributed by atoms with Crippen molar-refractivity contribution in [3.8, 4) is 22.6 Å². The Bertz CT molecular complexity index is 963. The molecule has 1 heterocycles. The predicted molar refractivity (Wildman–Crippen MR) is 123 cm³/mol. The van der Waals surface area contributed by atoms with E-state index in [1.807, 2.05) is 36.6 Å². The third-order valence-corrected chi connectivity index (χ3v) is 5.25. The van der Waals surface area contributed by atoms with Crippen LogP contribution in [0.15, 0.2) is 59.9 Å². The average Bonchev–Trinajstić information content (AvgIpc) is 2.78. The lowest BCUT2D eigenvalue weighted by atomic mass is 9.96. The van der Waals surface area contributed by atoms with Gasteiger partial charge in [-0.05, 0) is 60.5 Å². The van der Waals surface area contributed by atoms with E-state index < -0.39 is 0 Å². The number of benzene rings is 2. The van der Waals surface area contributed by atoms with Crippen molar-refractivity contribution in [1.29, 1.82) is 0 Å². The number of nitrogens with zero attached hydrogens (tertiary/aromatic N) is 2. The van der Waals surface area contributed by atoms with E-state index in [0.29, 0.717) is 25.7 Å². The summed E-state index contributed by atoms with van der Waals surface area (Å²) in [5, 5.41) is 0.746. The first kappa shape index (κ1) is 22.1. The van der Waals surface area contributed by atoms with Gasteiger partial charge in [0.05, 0.1) is 12.3 Å². The Morgan fingerprint density at radius 1 is 1.03 bits per heavy atom.